The lowest BCUT2D eigenvalue weighted by molar-refractivity contribution is 0.650. The Kier molecular flexibility index (Phi) is 5.69. The van der Waals surface area contributed by atoms with Crippen LogP contribution in [-0.4, -0.2) is 9.97 Å². The Morgan fingerprint density at radius 1 is 1.24 bits per heavy atom. The van der Waals surface area contributed by atoms with Gasteiger partial charge in [0.05, 0.1) is 11.4 Å². The molecular weight excluding hydrogens is 228 g/mol. The molecule has 0 radical (unpaired) electrons. The first-order chi connectivity index (χ1) is 8.04. The maximum atomic E-state index is 4.51. The van der Waals surface area contributed by atoms with Crippen molar-refractivity contribution in [2.24, 2.45) is 0 Å². The molecule has 0 aliphatic rings. The van der Waals surface area contributed by atoms with Crippen LogP contribution in [0.25, 0.3) is 0 Å². The zero-order valence-electron chi connectivity index (χ0n) is 11.0. The summed E-state index contributed by atoms with van der Waals surface area (Å²) in [7, 11) is 0. The summed E-state index contributed by atoms with van der Waals surface area (Å²) in [6, 6.07) is 0. The van der Waals surface area contributed by atoms with Crippen molar-refractivity contribution in [3.63, 3.8) is 0 Å². The van der Waals surface area contributed by atoms with Crippen molar-refractivity contribution in [1.82, 2.24) is 9.97 Å². The first kappa shape index (κ1) is 14.2. The fourth-order valence-electron chi connectivity index (χ4n) is 1.60. The van der Waals surface area contributed by atoms with E-state index in [9.17, 15) is 0 Å². The molecule has 1 rings (SSSR count). The van der Waals surface area contributed by atoms with Crippen LogP contribution in [-0.2, 0) is 0 Å². The molecule has 2 atom stereocenters. The molecule has 94 valence electrons. The van der Waals surface area contributed by atoms with Crippen LogP contribution in [0.2, 0.25) is 0 Å². The zero-order valence-corrected chi connectivity index (χ0v) is 11.9. The summed E-state index contributed by atoms with van der Waals surface area (Å²) >= 11 is 4.21. The Labute approximate surface area is 110 Å². The maximum Gasteiger partial charge on any atom is 0.0615 e. The van der Waals surface area contributed by atoms with Crippen molar-refractivity contribution in [2.75, 3.05) is 0 Å². The van der Waals surface area contributed by atoms with Crippen LogP contribution in [0.1, 0.15) is 63.3 Å². The molecule has 0 spiro atoms. The first-order valence-corrected chi connectivity index (χ1v) is 6.67. The summed E-state index contributed by atoms with van der Waals surface area (Å²) in [5.41, 5.74) is 2.15. The number of hydrogen-bond acceptors (Lipinski definition) is 3. The largest absolute Gasteiger partial charge is 0.258 e. The summed E-state index contributed by atoms with van der Waals surface area (Å²) in [5, 5.41) is 0. The van der Waals surface area contributed by atoms with Gasteiger partial charge in [-0.3, -0.25) is 9.97 Å². The number of rotatable bonds is 6. The van der Waals surface area contributed by atoms with Crippen molar-refractivity contribution in [3.8, 4) is 0 Å². The second-order valence-corrected chi connectivity index (χ2v) is 5.31. The molecule has 0 aliphatic carbocycles. The summed E-state index contributed by atoms with van der Waals surface area (Å²) < 4.78 is 0. The third kappa shape index (κ3) is 4.50. The Morgan fingerprint density at radius 3 is 2.18 bits per heavy atom. The van der Waals surface area contributed by atoms with Gasteiger partial charge in [0, 0.05) is 18.3 Å². The second kappa shape index (κ2) is 6.80. The number of aromatic nitrogens is 2. The highest BCUT2D eigenvalue weighted by Crippen LogP contribution is 2.22. The molecule has 3 heteroatoms. The van der Waals surface area contributed by atoms with E-state index in [1.165, 1.54) is 0 Å². The standard InChI is InChI=1S/C14H22N2S/c1-5-10(2)13-8-16-14(9-15-13)11(3)6-7-12(4)17/h8-11,17H,4-7H2,1-3H3. The molecule has 0 fully saturated rings. The average molecular weight is 250 g/mol. The van der Waals surface area contributed by atoms with Crippen LogP contribution in [0.4, 0.5) is 0 Å². The Morgan fingerprint density at radius 2 is 1.76 bits per heavy atom. The van der Waals surface area contributed by atoms with E-state index >= 15 is 0 Å². The fourth-order valence-corrected chi connectivity index (χ4v) is 1.73. The van der Waals surface area contributed by atoms with Gasteiger partial charge in [-0.05, 0) is 30.1 Å². The van der Waals surface area contributed by atoms with E-state index in [4.69, 9.17) is 0 Å². The molecule has 0 aromatic carbocycles. The van der Waals surface area contributed by atoms with Gasteiger partial charge in [-0.25, -0.2) is 0 Å². The number of allylic oxidation sites excluding steroid dienone is 1. The summed E-state index contributed by atoms with van der Waals surface area (Å²) in [5.74, 6) is 0.904. The molecule has 0 aliphatic heterocycles. The van der Waals surface area contributed by atoms with Gasteiger partial charge < -0.3 is 0 Å². The zero-order chi connectivity index (χ0) is 12.8. The number of nitrogens with zero attached hydrogens (tertiary/aromatic N) is 2. The van der Waals surface area contributed by atoms with Crippen LogP contribution in [0, 0.1) is 0 Å². The van der Waals surface area contributed by atoms with Gasteiger partial charge in [0.1, 0.15) is 0 Å². The van der Waals surface area contributed by atoms with E-state index in [2.05, 4.69) is 49.9 Å². The summed E-state index contributed by atoms with van der Waals surface area (Å²) in [6.45, 7) is 10.3. The minimum Gasteiger partial charge on any atom is -0.258 e. The third-order valence-corrected chi connectivity index (χ3v) is 3.40. The minimum absolute atomic E-state index is 0.414. The van der Waals surface area contributed by atoms with E-state index in [0.717, 1.165) is 35.6 Å². The molecular formula is C14H22N2S. The Bertz CT molecular complexity index is 359. The van der Waals surface area contributed by atoms with E-state index in [1.807, 2.05) is 12.4 Å². The highest BCUT2D eigenvalue weighted by Gasteiger charge is 2.10. The molecule has 17 heavy (non-hydrogen) atoms. The molecule has 0 N–H and O–H groups in total. The van der Waals surface area contributed by atoms with Gasteiger partial charge in [0.15, 0.2) is 0 Å². The topological polar surface area (TPSA) is 25.8 Å². The lowest BCUT2D eigenvalue weighted by Gasteiger charge is -2.12. The smallest absolute Gasteiger partial charge is 0.0615 e. The molecule has 1 heterocycles. The van der Waals surface area contributed by atoms with Gasteiger partial charge in [0.25, 0.3) is 0 Å². The van der Waals surface area contributed by atoms with Crippen LogP contribution in [0.15, 0.2) is 23.9 Å². The second-order valence-electron chi connectivity index (χ2n) is 4.68. The van der Waals surface area contributed by atoms with Gasteiger partial charge >= 0.3 is 0 Å². The lowest BCUT2D eigenvalue weighted by atomic mass is 10.0. The molecule has 0 amide bonds. The van der Waals surface area contributed by atoms with Crippen LogP contribution >= 0.6 is 12.6 Å². The highest BCUT2D eigenvalue weighted by molar-refractivity contribution is 7.84. The first-order valence-electron chi connectivity index (χ1n) is 6.23. The van der Waals surface area contributed by atoms with Crippen LogP contribution in [0.3, 0.4) is 0 Å². The molecule has 0 saturated heterocycles. The molecule has 0 bridgehead atoms. The molecule has 0 saturated carbocycles. The Balaban J connectivity index is 2.63. The van der Waals surface area contributed by atoms with Crippen molar-refractivity contribution in [3.05, 3.63) is 35.3 Å². The Hall–Kier alpha value is -0.830. The molecule has 2 nitrogen and oxygen atoms in total. The van der Waals surface area contributed by atoms with Gasteiger partial charge in [-0.2, -0.15) is 0 Å². The van der Waals surface area contributed by atoms with E-state index in [0.29, 0.717) is 11.8 Å². The van der Waals surface area contributed by atoms with Crippen molar-refractivity contribution in [1.29, 1.82) is 0 Å². The monoisotopic (exact) mass is 250 g/mol. The highest BCUT2D eigenvalue weighted by atomic mass is 32.1. The maximum absolute atomic E-state index is 4.51. The molecule has 2 unspecified atom stereocenters. The number of hydrogen-bond donors (Lipinski definition) is 1. The number of thiol groups is 1. The minimum atomic E-state index is 0.414. The van der Waals surface area contributed by atoms with Crippen molar-refractivity contribution in [2.45, 2.75) is 51.9 Å². The van der Waals surface area contributed by atoms with Gasteiger partial charge in [-0.1, -0.05) is 27.4 Å². The summed E-state index contributed by atoms with van der Waals surface area (Å²) in [6.07, 6.45) is 6.88. The predicted molar refractivity (Wildman–Crippen MR) is 76.5 cm³/mol. The van der Waals surface area contributed by atoms with E-state index in [1.54, 1.807) is 0 Å². The molecule has 1 aromatic rings. The normalized spacial score (nSPS) is 14.4. The van der Waals surface area contributed by atoms with Gasteiger partial charge in [-0.15, -0.1) is 12.6 Å². The fraction of sp³-hybridized carbons (Fsp3) is 0.571. The quantitative estimate of drug-likeness (QED) is 0.761. The van der Waals surface area contributed by atoms with Gasteiger partial charge in [0.2, 0.25) is 0 Å². The SMILES string of the molecule is C=C(S)CCC(C)c1cnc(C(C)CC)cn1. The van der Waals surface area contributed by atoms with E-state index in [-0.39, 0.29) is 0 Å². The lowest BCUT2D eigenvalue weighted by Crippen LogP contribution is -2.02. The van der Waals surface area contributed by atoms with Crippen molar-refractivity contribution >= 4 is 12.6 Å². The van der Waals surface area contributed by atoms with Crippen LogP contribution in [0.5, 0.6) is 0 Å². The van der Waals surface area contributed by atoms with E-state index < -0.39 is 0 Å². The van der Waals surface area contributed by atoms with Crippen molar-refractivity contribution < 1.29 is 0 Å². The average Bonchev–Trinajstić information content (AvgIpc) is 2.35. The van der Waals surface area contributed by atoms with Crippen LogP contribution < -0.4 is 0 Å². The predicted octanol–water partition coefficient (Wildman–Crippen LogP) is 4.32. The molecule has 1 aromatic heterocycles. The third-order valence-electron chi connectivity index (χ3n) is 3.18. The summed E-state index contributed by atoms with van der Waals surface area (Å²) in [4.78, 5) is 9.93.